The first-order valence-electron chi connectivity index (χ1n) is 10.9. The lowest BCUT2D eigenvalue weighted by atomic mass is 10.0. The zero-order chi connectivity index (χ0) is 25.7. The molecule has 0 aliphatic carbocycles. The summed E-state index contributed by atoms with van der Waals surface area (Å²) in [6, 6.07) is 9.71. The summed E-state index contributed by atoms with van der Waals surface area (Å²) in [4.78, 5) is 24.1. The second-order valence-electron chi connectivity index (χ2n) is 8.69. The Balaban J connectivity index is 1.76. The lowest BCUT2D eigenvalue weighted by molar-refractivity contribution is 0.0129. The van der Waals surface area contributed by atoms with Gasteiger partial charge in [0.05, 0.1) is 11.4 Å². The van der Waals surface area contributed by atoms with Crippen molar-refractivity contribution in [3.8, 4) is 0 Å². The van der Waals surface area contributed by atoms with E-state index in [0.717, 1.165) is 18.1 Å². The number of allylic oxidation sites excluding steroid dienone is 1. The molecular weight excluding hydrogens is 471 g/mol. The molecule has 0 aliphatic rings. The van der Waals surface area contributed by atoms with E-state index in [1.807, 2.05) is 6.92 Å². The molecule has 0 saturated heterocycles. The first-order valence-corrected chi connectivity index (χ1v) is 11.7. The van der Waals surface area contributed by atoms with E-state index in [1.165, 1.54) is 29.7 Å². The highest BCUT2D eigenvalue weighted by Gasteiger charge is 2.27. The van der Waals surface area contributed by atoms with Gasteiger partial charge < -0.3 is 4.90 Å². The van der Waals surface area contributed by atoms with Crippen LogP contribution in [-0.4, -0.2) is 22.8 Å². The van der Waals surface area contributed by atoms with Crippen molar-refractivity contribution in [3.05, 3.63) is 88.1 Å². The number of hydrogen-bond donors (Lipinski definition) is 0. The summed E-state index contributed by atoms with van der Waals surface area (Å²) in [6.07, 6.45) is 1.37. The molecule has 0 fully saturated rings. The number of aryl methyl sites for hydroxylation is 3. The van der Waals surface area contributed by atoms with E-state index in [9.17, 15) is 18.0 Å². The summed E-state index contributed by atoms with van der Waals surface area (Å²) in [5.41, 5.74) is 3.02. The fourth-order valence-electron chi connectivity index (χ4n) is 3.70. The van der Waals surface area contributed by atoms with E-state index in [4.69, 9.17) is 0 Å². The molecule has 8 heteroatoms. The summed E-state index contributed by atoms with van der Waals surface area (Å²) in [7, 11) is 1.68. The lowest BCUT2D eigenvalue weighted by Crippen LogP contribution is -2.18. The van der Waals surface area contributed by atoms with Gasteiger partial charge in [0.25, 0.3) is 5.92 Å². The van der Waals surface area contributed by atoms with E-state index in [2.05, 4.69) is 16.5 Å². The number of halogens is 3. The molecule has 4 nitrogen and oxygen atoms in total. The Labute approximate surface area is 205 Å². The maximum absolute atomic E-state index is 14.7. The molecule has 0 radical (unpaired) electrons. The lowest BCUT2D eigenvalue weighted by Gasteiger charge is -2.23. The molecule has 1 aromatic carbocycles. The van der Waals surface area contributed by atoms with Gasteiger partial charge >= 0.3 is 0 Å². The number of carbonyl (C=O) groups excluding carboxylic acids is 1. The van der Waals surface area contributed by atoms with Gasteiger partial charge in [-0.1, -0.05) is 12.6 Å². The predicted octanol–water partition coefficient (Wildman–Crippen LogP) is 7.53. The topological polar surface area (TPSA) is 46.1 Å². The minimum atomic E-state index is -3.07. The standard InChI is InChI=1S/C27H24F3N3OS/c1-14-7-8-20(19(28)9-14)33(6)21-10-15(2)17(4)32-25(21)26(34)16(3)22-11-18-13-31-24(27(5,29)30)12-23(18)35-22/h7-13H,3H2,1-2,4-6H3. The van der Waals surface area contributed by atoms with Crippen molar-refractivity contribution in [3.63, 3.8) is 0 Å². The third-order valence-corrected chi connectivity index (χ3v) is 7.07. The van der Waals surface area contributed by atoms with Crippen LogP contribution in [0.4, 0.5) is 24.5 Å². The van der Waals surface area contributed by atoms with Crippen molar-refractivity contribution in [1.29, 1.82) is 0 Å². The zero-order valence-corrected chi connectivity index (χ0v) is 20.9. The molecule has 0 atom stereocenters. The second kappa shape index (κ2) is 8.92. The summed E-state index contributed by atoms with van der Waals surface area (Å²) >= 11 is 1.19. The molecule has 35 heavy (non-hydrogen) atoms. The number of anilines is 2. The van der Waals surface area contributed by atoms with Crippen LogP contribution in [0.25, 0.3) is 15.7 Å². The number of benzene rings is 1. The molecule has 0 aliphatic heterocycles. The molecule has 4 aromatic rings. The van der Waals surface area contributed by atoms with Crippen molar-refractivity contribution in [2.75, 3.05) is 11.9 Å². The van der Waals surface area contributed by atoms with Gasteiger partial charge in [-0.2, -0.15) is 8.78 Å². The van der Waals surface area contributed by atoms with Crippen molar-refractivity contribution in [1.82, 2.24) is 9.97 Å². The number of alkyl halides is 2. The third kappa shape index (κ3) is 4.71. The van der Waals surface area contributed by atoms with E-state index in [-0.39, 0.29) is 17.0 Å². The number of hydrogen-bond acceptors (Lipinski definition) is 5. The van der Waals surface area contributed by atoms with Crippen molar-refractivity contribution >= 4 is 44.2 Å². The number of fused-ring (bicyclic) bond motifs is 1. The molecule has 3 heterocycles. The minimum absolute atomic E-state index is 0.136. The Morgan fingerprint density at radius 2 is 1.80 bits per heavy atom. The highest BCUT2D eigenvalue weighted by atomic mass is 32.1. The van der Waals surface area contributed by atoms with Crippen LogP contribution < -0.4 is 4.90 Å². The van der Waals surface area contributed by atoms with E-state index < -0.39 is 17.5 Å². The number of Topliss-reactive ketones (excluding diaryl/α,β-unsaturated/α-hetero) is 1. The monoisotopic (exact) mass is 495 g/mol. The molecule has 0 N–H and O–H groups in total. The van der Waals surface area contributed by atoms with Gasteiger partial charge in [0.2, 0.25) is 5.78 Å². The van der Waals surface area contributed by atoms with E-state index in [0.29, 0.717) is 32.0 Å². The maximum atomic E-state index is 14.7. The summed E-state index contributed by atoms with van der Waals surface area (Å²) in [6.45, 7) is 10.2. The van der Waals surface area contributed by atoms with Crippen molar-refractivity contribution < 1.29 is 18.0 Å². The molecule has 0 amide bonds. The maximum Gasteiger partial charge on any atom is 0.287 e. The zero-order valence-electron chi connectivity index (χ0n) is 20.0. The smallest absolute Gasteiger partial charge is 0.287 e. The highest BCUT2D eigenvalue weighted by molar-refractivity contribution is 7.20. The average molecular weight is 496 g/mol. The van der Waals surface area contributed by atoms with Crippen molar-refractivity contribution in [2.45, 2.75) is 33.6 Å². The molecule has 0 bridgehead atoms. The summed E-state index contributed by atoms with van der Waals surface area (Å²) in [5, 5.41) is 0.638. The SMILES string of the molecule is C=C(C(=O)c1nc(C)c(C)cc1N(C)c1ccc(C)cc1F)c1cc2cnc(C(C)(F)F)cc2s1. The van der Waals surface area contributed by atoms with Gasteiger partial charge in [-0.3, -0.25) is 9.78 Å². The predicted molar refractivity (Wildman–Crippen MR) is 135 cm³/mol. The molecule has 0 spiro atoms. The van der Waals surface area contributed by atoms with Gasteiger partial charge in [0, 0.05) is 46.4 Å². The number of carbonyl (C=O) groups is 1. The molecular formula is C27H24F3N3OS. The van der Waals surface area contributed by atoms with Gasteiger partial charge in [-0.15, -0.1) is 11.3 Å². The largest absolute Gasteiger partial charge is 0.340 e. The Morgan fingerprint density at radius 3 is 2.46 bits per heavy atom. The van der Waals surface area contributed by atoms with Crippen LogP contribution in [0.1, 0.15) is 44.8 Å². The number of pyridine rings is 2. The first kappa shape index (κ1) is 24.6. The fourth-order valence-corrected chi connectivity index (χ4v) is 4.74. The quantitative estimate of drug-likeness (QED) is 0.205. The van der Waals surface area contributed by atoms with Gasteiger partial charge in [-0.05, 0) is 62.2 Å². The number of nitrogens with zero attached hydrogens (tertiary/aromatic N) is 3. The number of rotatable bonds is 6. The van der Waals surface area contributed by atoms with Crippen LogP contribution in [-0.2, 0) is 5.92 Å². The van der Waals surface area contributed by atoms with Gasteiger partial charge in [0.15, 0.2) is 0 Å². The van der Waals surface area contributed by atoms with Crippen molar-refractivity contribution in [2.24, 2.45) is 0 Å². The third-order valence-electron chi connectivity index (χ3n) is 5.91. The first-order chi connectivity index (χ1) is 16.4. The van der Waals surface area contributed by atoms with Gasteiger partial charge in [0.1, 0.15) is 17.2 Å². The molecule has 0 saturated carbocycles. The fraction of sp³-hybridized carbons (Fsp3) is 0.222. The minimum Gasteiger partial charge on any atom is -0.340 e. The van der Waals surface area contributed by atoms with Crippen LogP contribution in [0.3, 0.4) is 0 Å². The Bertz CT molecular complexity index is 1490. The van der Waals surface area contributed by atoms with E-state index >= 15 is 0 Å². The van der Waals surface area contributed by atoms with E-state index in [1.54, 1.807) is 50.1 Å². The van der Waals surface area contributed by atoms with Crippen LogP contribution in [0.15, 0.2) is 49.2 Å². The van der Waals surface area contributed by atoms with Gasteiger partial charge in [-0.25, -0.2) is 9.37 Å². The van der Waals surface area contributed by atoms with Crippen LogP contribution in [0, 0.1) is 26.6 Å². The van der Waals surface area contributed by atoms with Crippen LogP contribution in [0.5, 0.6) is 0 Å². The average Bonchev–Trinajstić information content (AvgIpc) is 3.22. The molecule has 0 unspecified atom stereocenters. The molecule has 180 valence electrons. The van der Waals surface area contributed by atoms with Crippen LogP contribution >= 0.6 is 11.3 Å². The molecule has 3 aromatic heterocycles. The number of aromatic nitrogens is 2. The Hall–Kier alpha value is -3.52. The summed E-state index contributed by atoms with van der Waals surface area (Å²) in [5.74, 6) is -3.91. The van der Waals surface area contributed by atoms with Crippen LogP contribution in [0.2, 0.25) is 0 Å². The summed E-state index contributed by atoms with van der Waals surface area (Å²) < 4.78 is 42.7. The molecule has 4 rings (SSSR count). The Kier molecular flexibility index (Phi) is 6.27. The number of thiophene rings is 1. The highest BCUT2D eigenvalue weighted by Crippen LogP contribution is 2.37. The number of ketones is 1. The Morgan fingerprint density at radius 1 is 1.09 bits per heavy atom. The second-order valence-corrected chi connectivity index (χ2v) is 9.77. The normalized spacial score (nSPS) is 11.7.